The summed E-state index contributed by atoms with van der Waals surface area (Å²) in [5.74, 6) is 1.63. The SMILES string of the molecule is O=c1ccc(-c2ccncc2)nn1CCN1CCN(c2nc(C3CCC3)ns2)CC1. The minimum atomic E-state index is -0.0659. The van der Waals surface area contributed by atoms with Crippen LogP contribution in [-0.2, 0) is 6.54 Å². The molecule has 2 fully saturated rings. The number of anilines is 1. The Balaban J connectivity index is 1.16. The average molecular weight is 424 g/mol. The maximum absolute atomic E-state index is 12.2. The van der Waals surface area contributed by atoms with Crippen LogP contribution in [0.15, 0.2) is 41.5 Å². The lowest BCUT2D eigenvalue weighted by atomic mass is 9.85. The van der Waals surface area contributed by atoms with E-state index < -0.39 is 0 Å². The number of piperazine rings is 1. The van der Waals surface area contributed by atoms with Crippen LogP contribution < -0.4 is 10.5 Å². The fourth-order valence-electron chi connectivity index (χ4n) is 3.87. The van der Waals surface area contributed by atoms with Crippen molar-refractivity contribution in [3.63, 3.8) is 0 Å². The largest absolute Gasteiger partial charge is 0.344 e. The van der Waals surface area contributed by atoms with Gasteiger partial charge in [0, 0.05) is 74.2 Å². The molecule has 0 amide bonds. The molecule has 3 aromatic heterocycles. The molecule has 156 valence electrons. The van der Waals surface area contributed by atoms with Gasteiger partial charge in [-0.25, -0.2) is 9.67 Å². The molecule has 0 aromatic carbocycles. The van der Waals surface area contributed by atoms with Gasteiger partial charge in [0.2, 0.25) is 5.13 Å². The van der Waals surface area contributed by atoms with E-state index in [0.29, 0.717) is 12.5 Å². The van der Waals surface area contributed by atoms with Crippen LogP contribution in [-0.4, -0.2) is 61.7 Å². The fourth-order valence-corrected chi connectivity index (χ4v) is 4.67. The first-order valence-electron chi connectivity index (χ1n) is 10.6. The van der Waals surface area contributed by atoms with Crippen molar-refractivity contribution < 1.29 is 0 Å². The smallest absolute Gasteiger partial charge is 0.266 e. The minimum Gasteiger partial charge on any atom is -0.344 e. The first-order valence-corrected chi connectivity index (χ1v) is 11.3. The Kier molecular flexibility index (Phi) is 5.54. The van der Waals surface area contributed by atoms with Gasteiger partial charge in [0.25, 0.3) is 5.56 Å². The molecule has 2 aliphatic rings. The van der Waals surface area contributed by atoms with Crippen LogP contribution in [0.4, 0.5) is 5.13 Å². The van der Waals surface area contributed by atoms with Crippen molar-refractivity contribution in [2.75, 3.05) is 37.6 Å². The summed E-state index contributed by atoms with van der Waals surface area (Å²) in [4.78, 5) is 25.8. The summed E-state index contributed by atoms with van der Waals surface area (Å²) < 4.78 is 6.14. The van der Waals surface area contributed by atoms with Crippen LogP contribution >= 0.6 is 11.5 Å². The summed E-state index contributed by atoms with van der Waals surface area (Å²) in [6.45, 7) is 5.19. The molecule has 1 aliphatic carbocycles. The van der Waals surface area contributed by atoms with Gasteiger partial charge in [-0.1, -0.05) is 6.42 Å². The van der Waals surface area contributed by atoms with Crippen LogP contribution in [0.25, 0.3) is 11.3 Å². The molecule has 0 N–H and O–H groups in total. The second kappa shape index (κ2) is 8.61. The van der Waals surface area contributed by atoms with Gasteiger partial charge in [-0.05, 0) is 31.0 Å². The first kappa shape index (κ1) is 19.3. The molecule has 4 heterocycles. The number of hydrogen-bond donors (Lipinski definition) is 0. The molecular weight excluding hydrogens is 398 g/mol. The summed E-state index contributed by atoms with van der Waals surface area (Å²) in [7, 11) is 0. The van der Waals surface area contributed by atoms with E-state index in [4.69, 9.17) is 4.98 Å². The lowest BCUT2D eigenvalue weighted by molar-refractivity contribution is 0.243. The lowest BCUT2D eigenvalue weighted by Crippen LogP contribution is -2.47. The summed E-state index contributed by atoms with van der Waals surface area (Å²) in [6.07, 6.45) is 7.25. The summed E-state index contributed by atoms with van der Waals surface area (Å²) in [5.41, 5.74) is 1.69. The quantitative estimate of drug-likeness (QED) is 0.601. The van der Waals surface area contributed by atoms with Gasteiger partial charge in [0.05, 0.1) is 12.2 Å². The lowest BCUT2D eigenvalue weighted by Gasteiger charge is -2.34. The van der Waals surface area contributed by atoms with Crippen molar-refractivity contribution in [1.29, 1.82) is 0 Å². The molecule has 3 aromatic rings. The molecule has 30 heavy (non-hydrogen) atoms. The van der Waals surface area contributed by atoms with Crippen molar-refractivity contribution >= 4 is 16.7 Å². The predicted molar refractivity (Wildman–Crippen MR) is 117 cm³/mol. The number of pyridine rings is 1. The first-order chi connectivity index (χ1) is 14.8. The molecule has 0 radical (unpaired) electrons. The highest BCUT2D eigenvalue weighted by Crippen LogP contribution is 2.36. The van der Waals surface area contributed by atoms with Gasteiger partial charge in [0.15, 0.2) is 0 Å². The van der Waals surface area contributed by atoms with E-state index in [9.17, 15) is 4.79 Å². The number of hydrogen-bond acceptors (Lipinski definition) is 8. The third-order valence-electron chi connectivity index (χ3n) is 6.01. The molecule has 1 aliphatic heterocycles. The Morgan fingerprint density at radius 2 is 1.80 bits per heavy atom. The van der Waals surface area contributed by atoms with Gasteiger partial charge < -0.3 is 4.90 Å². The average Bonchev–Trinajstić information content (AvgIpc) is 3.22. The van der Waals surface area contributed by atoms with Gasteiger partial charge in [-0.2, -0.15) is 9.47 Å². The van der Waals surface area contributed by atoms with Crippen molar-refractivity contribution in [3.8, 4) is 11.3 Å². The number of rotatable bonds is 6. The molecule has 0 spiro atoms. The van der Waals surface area contributed by atoms with Crippen molar-refractivity contribution in [1.82, 2.24) is 29.0 Å². The van der Waals surface area contributed by atoms with Crippen LogP contribution in [0.2, 0.25) is 0 Å². The Bertz CT molecular complexity index is 1040. The van der Waals surface area contributed by atoms with E-state index in [1.807, 2.05) is 12.1 Å². The Morgan fingerprint density at radius 3 is 2.53 bits per heavy atom. The topological polar surface area (TPSA) is 80.0 Å². The van der Waals surface area contributed by atoms with Crippen molar-refractivity contribution in [2.24, 2.45) is 0 Å². The second-order valence-electron chi connectivity index (χ2n) is 7.91. The monoisotopic (exact) mass is 423 g/mol. The highest BCUT2D eigenvalue weighted by molar-refractivity contribution is 7.09. The fraction of sp³-hybridized carbons (Fsp3) is 0.476. The summed E-state index contributed by atoms with van der Waals surface area (Å²) in [5, 5.41) is 5.60. The van der Waals surface area contributed by atoms with Gasteiger partial charge in [-0.15, -0.1) is 0 Å². The van der Waals surface area contributed by atoms with Crippen LogP contribution in [0.1, 0.15) is 31.0 Å². The van der Waals surface area contributed by atoms with E-state index in [-0.39, 0.29) is 5.56 Å². The van der Waals surface area contributed by atoms with Gasteiger partial charge in [0.1, 0.15) is 5.82 Å². The maximum Gasteiger partial charge on any atom is 0.266 e. The summed E-state index contributed by atoms with van der Waals surface area (Å²) >= 11 is 1.53. The third-order valence-corrected chi connectivity index (χ3v) is 6.81. The van der Waals surface area contributed by atoms with E-state index in [0.717, 1.165) is 54.9 Å². The molecule has 1 saturated carbocycles. The standard InChI is InChI=1S/C21H25N7OS/c29-19-5-4-18(16-6-8-22-9-7-16)24-28(19)15-12-26-10-13-27(14-11-26)21-23-20(25-30-21)17-2-1-3-17/h4-9,17H,1-3,10-15H2. The Morgan fingerprint density at radius 1 is 1.00 bits per heavy atom. The van der Waals surface area contributed by atoms with Crippen molar-refractivity contribution in [3.05, 3.63) is 52.8 Å². The highest BCUT2D eigenvalue weighted by Gasteiger charge is 2.26. The molecule has 0 bridgehead atoms. The molecule has 9 heteroatoms. The normalized spacial score (nSPS) is 17.8. The minimum absolute atomic E-state index is 0.0659. The molecule has 0 atom stereocenters. The zero-order chi connectivity index (χ0) is 20.3. The zero-order valence-corrected chi connectivity index (χ0v) is 17.7. The van der Waals surface area contributed by atoms with Crippen molar-refractivity contribution in [2.45, 2.75) is 31.7 Å². The number of aromatic nitrogens is 5. The maximum atomic E-state index is 12.2. The van der Waals surface area contributed by atoms with Crippen LogP contribution in [0.3, 0.4) is 0 Å². The summed E-state index contributed by atoms with van der Waals surface area (Å²) in [6, 6.07) is 7.17. The van der Waals surface area contributed by atoms with Gasteiger partial charge in [-0.3, -0.25) is 14.7 Å². The molecule has 8 nitrogen and oxygen atoms in total. The molecule has 1 saturated heterocycles. The second-order valence-corrected chi connectivity index (χ2v) is 8.64. The van der Waals surface area contributed by atoms with E-state index in [1.165, 1.54) is 30.8 Å². The van der Waals surface area contributed by atoms with E-state index in [1.54, 1.807) is 29.2 Å². The van der Waals surface area contributed by atoms with Crippen LogP contribution in [0.5, 0.6) is 0 Å². The zero-order valence-electron chi connectivity index (χ0n) is 16.9. The van der Waals surface area contributed by atoms with E-state index >= 15 is 0 Å². The third kappa shape index (κ3) is 4.13. The number of nitrogens with zero attached hydrogens (tertiary/aromatic N) is 7. The Labute approximate surface area is 179 Å². The highest BCUT2D eigenvalue weighted by atomic mass is 32.1. The molecule has 0 unspecified atom stereocenters. The van der Waals surface area contributed by atoms with Crippen LogP contribution in [0, 0.1) is 0 Å². The Hall–Kier alpha value is -2.65. The predicted octanol–water partition coefficient (Wildman–Crippen LogP) is 2.25. The molecule has 5 rings (SSSR count). The molecular formula is C21H25N7OS. The van der Waals surface area contributed by atoms with E-state index in [2.05, 4.69) is 24.3 Å². The van der Waals surface area contributed by atoms with Gasteiger partial charge >= 0.3 is 0 Å².